The number of sulfonamides is 1. The number of carbonyl (C=O) groups is 1. The normalized spacial score (nSPS) is 15.7. The van der Waals surface area contributed by atoms with Gasteiger partial charge in [0.25, 0.3) is 0 Å². The average Bonchev–Trinajstić information content (AvgIpc) is 3.21. The van der Waals surface area contributed by atoms with Gasteiger partial charge in [-0.3, -0.25) is 4.79 Å². The second-order valence-corrected chi connectivity index (χ2v) is 10.6. The molecule has 0 saturated carbocycles. The van der Waals surface area contributed by atoms with Crippen molar-refractivity contribution >= 4 is 37.6 Å². The van der Waals surface area contributed by atoms with E-state index in [1.807, 2.05) is 4.90 Å². The zero-order valence-electron chi connectivity index (χ0n) is 18.6. The lowest BCUT2D eigenvalue weighted by Gasteiger charge is -2.40. The Labute approximate surface area is 197 Å². The maximum Gasteiger partial charge on any atom is 0.217 e. The molecule has 1 aliphatic heterocycles. The van der Waals surface area contributed by atoms with Crippen molar-refractivity contribution < 1.29 is 17.7 Å². The number of nitrogens with zero attached hydrogens (tertiary/aromatic N) is 4. The van der Waals surface area contributed by atoms with Gasteiger partial charge in [0.15, 0.2) is 5.78 Å². The highest BCUT2D eigenvalue weighted by molar-refractivity contribution is 9.10. The van der Waals surface area contributed by atoms with Gasteiger partial charge in [0.05, 0.1) is 11.7 Å². The number of nitrogens with one attached hydrogen (secondary N) is 1. The number of pyridine rings is 1. The lowest BCUT2D eigenvalue weighted by molar-refractivity contribution is 0.0964. The van der Waals surface area contributed by atoms with Crippen LogP contribution in [0.4, 0.5) is 5.82 Å². The predicted molar refractivity (Wildman–Crippen MR) is 126 cm³/mol. The summed E-state index contributed by atoms with van der Waals surface area (Å²) < 4.78 is 32.5. The molecule has 1 aliphatic rings. The van der Waals surface area contributed by atoms with Crippen molar-refractivity contribution in [2.75, 3.05) is 31.1 Å². The molecular weight excluding hydrogens is 498 g/mol. The highest BCUT2D eigenvalue weighted by atomic mass is 79.9. The number of rotatable bonds is 12. The van der Waals surface area contributed by atoms with E-state index in [0.29, 0.717) is 47.2 Å². The molecule has 2 aromatic heterocycles. The number of carbonyl (C=O) groups excluding carboxylic acids is 1. The first-order valence-electron chi connectivity index (χ1n) is 10.8. The van der Waals surface area contributed by atoms with Gasteiger partial charge in [0.2, 0.25) is 10.0 Å². The predicted octanol–water partition coefficient (Wildman–Crippen LogP) is 2.83. The van der Waals surface area contributed by atoms with E-state index in [1.54, 1.807) is 12.1 Å². The number of anilines is 1. The van der Waals surface area contributed by atoms with Crippen molar-refractivity contribution in [1.29, 1.82) is 0 Å². The molecule has 0 aliphatic carbocycles. The van der Waals surface area contributed by atoms with Crippen molar-refractivity contribution in [1.82, 2.24) is 19.8 Å². The molecule has 3 heterocycles. The molecule has 0 aromatic carbocycles. The highest BCUT2D eigenvalue weighted by Crippen LogP contribution is 2.25. The first-order valence-corrected chi connectivity index (χ1v) is 13.2. The molecule has 1 fully saturated rings. The summed E-state index contributed by atoms with van der Waals surface area (Å²) in [7, 11) is -3.51. The third-order valence-electron chi connectivity index (χ3n) is 5.71. The number of aromatic nitrogens is 2. The summed E-state index contributed by atoms with van der Waals surface area (Å²) in [6.07, 6.45) is 2.62. The van der Waals surface area contributed by atoms with Gasteiger partial charge in [-0.2, -0.15) is 0 Å². The number of hydrogen-bond acceptors (Lipinski definition) is 8. The van der Waals surface area contributed by atoms with Gasteiger partial charge < -0.3 is 14.3 Å². The third-order valence-corrected chi connectivity index (χ3v) is 7.48. The van der Waals surface area contributed by atoms with E-state index in [1.165, 1.54) is 12.3 Å². The zero-order valence-corrected chi connectivity index (χ0v) is 21.0. The molecule has 2 aromatic rings. The van der Waals surface area contributed by atoms with Crippen molar-refractivity contribution in [3.8, 4) is 0 Å². The molecule has 0 radical (unpaired) electrons. The molecule has 3 rings (SSSR count). The lowest BCUT2D eigenvalue weighted by Crippen LogP contribution is -2.59. The van der Waals surface area contributed by atoms with E-state index in [0.717, 1.165) is 19.5 Å². The standard InChI is InChI=1S/C21H30BrN5O4S/c1-4-26(5-2)15(3)6-7-19(28)16-10-20(22)23-21(11-16)27-12-18(13-27)25-32(29,30)14-17-8-9-31-24-17/h8-11,15,18,25H,4-7,12-14H2,1-3H3/t15-/m0/s1. The van der Waals surface area contributed by atoms with E-state index in [9.17, 15) is 13.2 Å². The molecule has 0 unspecified atom stereocenters. The van der Waals surface area contributed by atoms with Crippen LogP contribution in [0.1, 0.15) is 49.7 Å². The summed E-state index contributed by atoms with van der Waals surface area (Å²) in [5.74, 6) is 0.518. The quantitative estimate of drug-likeness (QED) is 0.331. The molecule has 11 heteroatoms. The lowest BCUT2D eigenvalue weighted by atomic mass is 10.0. The summed E-state index contributed by atoms with van der Waals surface area (Å²) >= 11 is 3.40. The van der Waals surface area contributed by atoms with Crippen LogP contribution in [0.3, 0.4) is 0 Å². The fourth-order valence-corrected chi connectivity index (χ4v) is 5.57. The second kappa shape index (κ2) is 10.9. The first-order chi connectivity index (χ1) is 15.2. The summed E-state index contributed by atoms with van der Waals surface area (Å²) in [5, 5.41) is 3.64. The Hall–Kier alpha value is -1.82. The van der Waals surface area contributed by atoms with Gasteiger partial charge in [-0.25, -0.2) is 18.1 Å². The number of halogens is 1. The Morgan fingerprint density at radius 3 is 2.69 bits per heavy atom. The van der Waals surface area contributed by atoms with Crippen LogP contribution in [-0.2, 0) is 15.8 Å². The Kier molecular flexibility index (Phi) is 8.43. The first kappa shape index (κ1) is 24.8. The number of Topliss-reactive ketones (excluding diaryl/α,β-unsaturated/α-hetero) is 1. The Morgan fingerprint density at radius 2 is 2.06 bits per heavy atom. The van der Waals surface area contributed by atoms with Crippen molar-refractivity contribution in [2.24, 2.45) is 0 Å². The molecule has 0 spiro atoms. The fraction of sp³-hybridized carbons (Fsp3) is 0.571. The van der Waals surface area contributed by atoms with Gasteiger partial charge in [0, 0.05) is 37.2 Å². The fourth-order valence-electron chi connectivity index (χ4n) is 3.86. The van der Waals surface area contributed by atoms with E-state index < -0.39 is 10.0 Å². The van der Waals surface area contributed by atoms with Crippen LogP contribution < -0.4 is 9.62 Å². The van der Waals surface area contributed by atoms with Gasteiger partial charge in [0.1, 0.15) is 22.4 Å². The van der Waals surface area contributed by atoms with E-state index in [2.05, 4.69) is 61.0 Å². The number of hydrogen-bond donors (Lipinski definition) is 1. The zero-order chi connectivity index (χ0) is 23.3. The van der Waals surface area contributed by atoms with Crippen molar-refractivity contribution in [3.05, 3.63) is 40.3 Å². The van der Waals surface area contributed by atoms with Crippen LogP contribution in [0, 0.1) is 0 Å². The van der Waals surface area contributed by atoms with Crippen molar-refractivity contribution in [2.45, 2.75) is 51.4 Å². The minimum absolute atomic E-state index is 0.0822. The van der Waals surface area contributed by atoms with Crippen LogP contribution in [0.15, 0.2) is 33.6 Å². The summed E-state index contributed by atoms with van der Waals surface area (Å²) in [6, 6.07) is 5.18. The minimum atomic E-state index is -3.51. The molecule has 0 amide bonds. The van der Waals surface area contributed by atoms with Gasteiger partial charge >= 0.3 is 0 Å². The monoisotopic (exact) mass is 527 g/mol. The molecule has 1 saturated heterocycles. The maximum absolute atomic E-state index is 12.8. The smallest absolute Gasteiger partial charge is 0.217 e. The van der Waals surface area contributed by atoms with Crippen LogP contribution >= 0.6 is 15.9 Å². The Bertz CT molecular complexity index is 1010. The van der Waals surface area contributed by atoms with E-state index >= 15 is 0 Å². The number of ketones is 1. The van der Waals surface area contributed by atoms with Gasteiger partial charge in [-0.15, -0.1) is 0 Å². The molecule has 1 atom stereocenters. The van der Waals surface area contributed by atoms with Crippen LogP contribution in [0.25, 0.3) is 0 Å². The second-order valence-electron chi connectivity index (χ2n) is 8.04. The maximum atomic E-state index is 12.8. The summed E-state index contributed by atoms with van der Waals surface area (Å²) in [6.45, 7) is 9.30. The molecule has 1 N–H and O–H groups in total. The Balaban J connectivity index is 1.55. The topological polar surface area (TPSA) is 109 Å². The van der Waals surface area contributed by atoms with E-state index in [4.69, 9.17) is 0 Å². The molecule has 176 valence electrons. The largest absolute Gasteiger partial charge is 0.364 e. The SMILES string of the molecule is CCN(CC)[C@@H](C)CCC(=O)c1cc(Br)nc(N2CC(NS(=O)(=O)Cc3ccon3)C2)c1. The minimum Gasteiger partial charge on any atom is -0.364 e. The average molecular weight is 528 g/mol. The van der Waals surface area contributed by atoms with E-state index in [-0.39, 0.29) is 17.6 Å². The molecular formula is C21H30BrN5O4S. The van der Waals surface area contributed by atoms with Crippen LogP contribution in [0.5, 0.6) is 0 Å². The summed E-state index contributed by atoms with van der Waals surface area (Å²) in [4.78, 5) is 21.5. The molecule has 0 bridgehead atoms. The summed E-state index contributed by atoms with van der Waals surface area (Å²) in [5.41, 5.74) is 0.976. The highest BCUT2D eigenvalue weighted by Gasteiger charge is 2.32. The van der Waals surface area contributed by atoms with Gasteiger partial charge in [-0.05, 0) is 54.5 Å². The van der Waals surface area contributed by atoms with Crippen molar-refractivity contribution in [3.63, 3.8) is 0 Å². The Morgan fingerprint density at radius 1 is 1.34 bits per heavy atom. The molecule has 32 heavy (non-hydrogen) atoms. The molecule has 9 nitrogen and oxygen atoms in total. The van der Waals surface area contributed by atoms with Crippen LogP contribution in [0.2, 0.25) is 0 Å². The van der Waals surface area contributed by atoms with Gasteiger partial charge in [-0.1, -0.05) is 19.0 Å². The third kappa shape index (κ3) is 6.60. The van der Waals surface area contributed by atoms with Crippen LogP contribution in [-0.4, -0.2) is 67.5 Å².